The Kier molecular flexibility index (Phi) is 5.55. The maximum atomic E-state index is 5.55. The van der Waals surface area contributed by atoms with Crippen LogP contribution in [0, 0.1) is 12.8 Å². The van der Waals surface area contributed by atoms with E-state index < -0.39 is 0 Å². The number of likely N-dealkylation sites (tertiary alicyclic amines) is 1. The van der Waals surface area contributed by atoms with Crippen LogP contribution in [0.4, 0.5) is 0 Å². The third kappa shape index (κ3) is 3.91. The van der Waals surface area contributed by atoms with E-state index in [1.165, 1.54) is 38.0 Å². The van der Waals surface area contributed by atoms with E-state index in [-0.39, 0.29) is 0 Å². The third-order valence-corrected chi connectivity index (χ3v) is 5.99. The zero-order valence-corrected chi connectivity index (χ0v) is 15.1. The average Bonchev–Trinajstić information content (AvgIpc) is 2.86. The van der Waals surface area contributed by atoms with Crippen LogP contribution >= 0.6 is 11.3 Å². The SMILES string of the molecule is Cc1ccsc1CN1CC(N(CC(C)C)C2CCOCC2)C1. The van der Waals surface area contributed by atoms with Gasteiger partial charge in [-0.2, -0.15) is 0 Å². The molecule has 124 valence electrons. The second-order valence-corrected chi connectivity index (χ2v) is 8.31. The Morgan fingerprint density at radius 1 is 1.27 bits per heavy atom. The van der Waals surface area contributed by atoms with Gasteiger partial charge in [0.1, 0.15) is 0 Å². The monoisotopic (exact) mass is 322 g/mol. The minimum atomic E-state index is 0.742. The first-order chi connectivity index (χ1) is 10.6. The molecular weight excluding hydrogens is 292 g/mol. The van der Waals surface area contributed by atoms with E-state index in [0.29, 0.717) is 0 Å². The highest BCUT2D eigenvalue weighted by atomic mass is 32.1. The molecule has 0 radical (unpaired) electrons. The summed E-state index contributed by atoms with van der Waals surface area (Å²) in [5.41, 5.74) is 1.46. The highest BCUT2D eigenvalue weighted by Gasteiger charge is 2.36. The molecule has 22 heavy (non-hydrogen) atoms. The molecule has 0 N–H and O–H groups in total. The second kappa shape index (κ2) is 7.43. The highest BCUT2D eigenvalue weighted by molar-refractivity contribution is 7.10. The molecule has 2 fully saturated rings. The van der Waals surface area contributed by atoms with Crippen LogP contribution in [0.15, 0.2) is 11.4 Å². The van der Waals surface area contributed by atoms with Crippen molar-refractivity contribution in [2.24, 2.45) is 5.92 Å². The van der Waals surface area contributed by atoms with E-state index in [9.17, 15) is 0 Å². The normalized spacial score (nSPS) is 21.7. The molecule has 1 aromatic heterocycles. The van der Waals surface area contributed by atoms with Crippen LogP contribution in [0.25, 0.3) is 0 Å². The fourth-order valence-corrected chi connectivity index (χ4v) is 4.63. The zero-order chi connectivity index (χ0) is 15.5. The van der Waals surface area contributed by atoms with Crippen molar-refractivity contribution >= 4 is 11.3 Å². The first kappa shape index (κ1) is 16.4. The number of rotatable bonds is 6. The molecule has 0 unspecified atom stereocenters. The standard InChI is InChI=1S/C18H30N2OS/c1-14(2)10-20(16-4-7-21-8-5-16)17-11-19(12-17)13-18-15(3)6-9-22-18/h6,9,14,16-17H,4-5,7-8,10-13H2,1-3H3. The van der Waals surface area contributed by atoms with Crippen molar-refractivity contribution in [3.05, 3.63) is 21.9 Å². The van der Waals surface area contributed by atoms with Gasteiger partial charge in [-0.05, 0) is 42.7 Å². The number of nitrogens with zero attached hydrogens (tertiary/aromatic N) is 2. The van der Waals surface area contributed by atoms with Crippen molar-refractivity contribution in [2.75, 3.05) is 32.8 Å². The summed E-state index contributed by atoms with van der Waals surface area (Å²) in [5, 5.41) is 2.22. The maximum Gasteiger partial charge on any atom is 0.0480 e. The summed E-state index contributed by atoms with van der Waals surface area (Å²) in [6.45, 7) is 13.7. The van der Waals surface area contributed by atoms with E-state index >= 15 is 0 Å². The molecule has 0 amide bonds. The summed E-state index contributed by atoms with van der Waals surface area (Å²) in [5.74, 6) is 0.747. The Hall–Kier alpha value is -0.420. The van der Waals surface area contributed by atoms with Crippen molar-refractivity contribution in [1.82, 2.24) is 9.80 Å². The van der Waals surface area contributed by atoms with Gasteiger partial charge in [0.2, 0.25) is 0 Å². The molecule has 3 nitrogen and oxygen atoms in total. The van der Waals surface area contributed by atoms with Gasteiger partial charge < -0.3 is 4.74 Å². The van der Waals surface area contributed by atoms with E-state index in [0.717, 1.165) is 37.8 Å². The number of ether oxygens (including phenoxy) is 1. The lowest BCUT2D eigenvalue weighted by atomic mass is 9.98. The Balaban J connectivity index is 1.54. The molecule has 1 aromatic rings. The Bertz CT molecular complexity index is 461. The number of hydrogen-bond donors (Lipinski definition) is 0. The number of hydrogen-bond acceptors (Lipinski definition) is 4. The number of thiophene rings is 1. The summed E-state index contributed by atoms with van der Waals surface area (Å²) in [6.07, 6.45) is 2.43. The second-order valence-electron chi connectivity index (χ2n) is 7.31. The minimum Gasteiger partial charge on any atom is -0.381 e. The highest BCUT2D eigenvalue weighted by Crippen LogP contribution is 2.27. The predicted molar refractivity (Wildman–Crippen MR) is 93.5 cm³/mol. The van der Waals surface area contributed by atoms with Crippen molar-refractivity contribution in [3.8, 4) is 0 Å². The van der Waals surface area contributed by atoms with Gasteiger partial charge in [0, 0.05) is 56.4 Å². The van der Waals surface area contributed by atoms with Crippen LogP contribution in [0.1, 0.15) is 37.1 Å². The third-order valence-electron chi connectivity index (χ3n) is 4.98. The molecule has 3 rings (SSSR count). The summed E-state index contributed by atoms with van der Waals surface area (Å²) in [4.78, 5) is 6.95. The van der Waals surface area contributed by atoms with Gasteiger partial charge in [-0.15, -0.1) is 11.3 Å². The van der Waals surface area contributed by atoms with Crippen molar-refractivity contribution < 1.29 is 4.74 Å². The van der Waals surface area contributed by atoms with E-state index in [1.54, 1.807) is 4.88 Å². The van der Waals surface area contributed by atoms with E-state index in [4.69, 9.17) is 4.74 Å². The molecule has 0 aliphatic carbocycles. The number of aryl methyl sites for hydroxylation is 1. The molecule has 0 spiro atoms. The molecule has 4 heteroatoms. The molecule has 0 bridgehead atoms. The van der Waals surface area contributed by atoms with Gasteiger partial charge in [-0.3, -0.25) is 9.80 Å². The summed E-state index contributed by atoms with van der Waals surface area (Å²) in [6, 6.07) is 3.74. The van der Waals surface area contributed by atoms with Crippen LogP contribution in [-0.2, 0) is 11.3 Å². The van der Waals surface area contributed by atoms with Crippen LogP contribution < -0.4 is 0 Å². The quantitative estimate of drug-likeness (QED) is 0.798. The van der Waals surface area contributed by atoms with Gasteiger partial charge in [0.25, 0.3) is 0 Å². The summed E-state index contributed by atoms with van der Waals surface area (Å²) < 4.78 is 5.55. The Labute approximate surface area is 139 Å². The molecule has 2 aliphatic heterocycles. The van der Waals surface area contributed by atoms with E-state index in [2.05, 4.69) is 42.0 Å². The molecule has 2 saturated heterocycles. The van der Waals surface area contributed by atoms with Crippen LogP contribution in [0.3, 0.4) is 0 Å². The van der Waals surface area contributed by atoms with Crippen molar-refractivity contribution in [3.63, 3.8) is 0 Å². The molecule has 0 aromatic carbocycles. The molecule has 0 atom stereocenters. The van der Waals surface area contributed by atoms with Gasteiger partial charge in [-0.1, -0.05) is 13.8 Å². The van der Waals surface area contributed by atoms with Gasteiger partial charge in [0.15, 0.2) is 0 Å². The van der Waals surface area contributed by atoms with Crippen LogP contribution in [0.5, 0.6) is 0 Å². The lowest BCUT2D eigenvalue weighted by Gasteiger charge is -2.49. The topological polar surface area (TPSA) is 15.7 Å². The summed E-state index contributed by atoms with van der Waals surface area (Å²) in [7, 11) is 0. The van der Waals surface area contributed by atoms with Crippen LogP contribution in [0.2, 0.25) is 0 Å². The summed E-state index contributed by atoms with van der Waals surface area (Å²) >= 11 is 1.90. The smallest absolute Gasteiger partial charge is 0.0480 e. The van der Waals surface area contributed by atoms with Crippen LogP contribution in [-0.4, -0.2) is 54.7 Å². The largest absolute Gasteiger partial charge is 0.381 e. The molecule has 2 aliphatic rings. The maximum absolute atomic E-state index is 5.55. The van der Waals surface area contributed by atoms with Gasteiger partial charge >= 0.3 is 0 Å². The van der Waals surface area contributed by atoms with Gasteiger partial charge in [0.05, 0.1) is 0 Å². The van der Waals surface area contributed by atoms with Gasteiger partial charge in [-0.25, -0.2) is 0 Å². The molecule has 3 heterocycles. The fourth-order valence-electron chi connectivity index (χ4n) is 3.69. The average molecular weight is 323 g/mol. The predicted octanol–water partition coefficient (Wildman–Crippen LogP) is 3.38. The zero-order valence-electron chi connectivity index (χ0n) is 14.3. The fraction of sp³-hybridized carbons (Fsp3) is 0.778. The lowest BCUT2D eigenvalue weighted by molar-refractivity contribution is -0.0381. The first-order valence-electron chi connectivity index (χ1n) is 8.72. The molecule has 0 saturated carbocycles. The van der Waals surface area contributed by atoms with Crippen molar-refractivity contribution in [1.29, 1.82) is 0 Å². The van der Waals surface area contributed by atoms with Crippen molar-refractivity contribution in [2.45, 2.75) is 52.2 Å². The molecular formula is C18H30N2OS. The minimum absolute atomic E-state index is 0.742. The Morgan fingerprint density at radius 2 is 2.00 bits per heavy atom. The Morgan fingerprint density at radius 3 is 2.59 bits per heavy atom. The first-order valence-corrected chi connectivity index (χ1v) is 9.60. The lowest BCUT2D eigenvalue weighted by Crippen LogP contribution is -2.62. The van der Waals surface area contributed by atoms with E-state index in [1.807, 2.05) is 11.3 Å².